The number of sulfonamides is 1. The van der Waals surface area contributed by atoms with Gasteiger partial charge in [-0.2, -0.15) is 9.97 Å². The monoisotopic (exact) mass is 506 g/mol. The van der Waals surface area contributed by atoms with Gasteiger partial charge in [0.1, 0.15) is 11.3 Å². The number of hydrogen-bond acceptors (Lipinski definition) is 9. The molecule has 12 nitrogen and oxygen atoms in total. The number of rotatable bonds is 12. The summed E-state index contributed by atoms with van der Waals surface area (Å²) in [5, 5.41) is 0. The predicted octanol–water partition coefficient (Wildman–Crippen LogP) is 1.91. The Balaban J connectivity index is 1.65. The maximum absolute atomic E-state index is 12.9. The zero-order valence-electron chi connectivity index (χ0n) is 20.0. The number of aromatic nitrogens is 4. The zero-order chi connectivity index (χ0) is 25.6. The number of nitrogens with one attached hydrogen (secondary N) is 1. The molecule has 190 valence electrons. The predicted molar refractivity (Wildman–Crippen MR) is 130 cm³/mol. The van der Waals surface area contributed by atoms with E-state index in [0.717, 1.165) is 12.8 Å². The first kappa shape index (κ1) is 26.2. The van der Waals surface area contributed by atoms with Gasteiger partial charge in [0.05, 0.1) is 11.5 Å². The molecule has 0 saturated heterocycles. The lowest BCUT2D eigenvalue weighted by atomic mass is 10.3. The van der Waals surface area contributed by atoms with Crippen LogP contribution in [0.5, 0.6) is 11.8 Å². The molecule has 2 heterocycles. The number of fused-ring (bicyclic) bond motifs is 1. The summed E-state index contributed by atoms with van der Waals surface area (Å²) >= 11 is 0. The summed E-state index contributed by atoms with van der Waals surface area (Å²) in [7, 11) is -2.31. The molecule has 0 atom stereocenters. The lowest BCUT2D eigenvalue weighted by Crippen LogP contribution is -2.28. The highest BCUT2D eigenvalue weighted by Crippen LogP contribution is 2.21. The molecule has 0 aliphatic carbocycles. The number of nitrogens with zero attached hydrogens (tertiary/aromatic N) is 4. The molecule has 0 aliphatic rings. The van der Waals surface area contributed by atoms with Gasteiger partial charge in [0.15, 0.2) is 11.5 Å². The number of anilines is 1. The summed E-state index contributed by atoms with van der Waals surface area (Å²) < 4.78 is 38.9. The maximum Gasteiger partial charge on any atom is 0.327 e. The summed E-state index contributed by atoms with van der Waals surface area (Å²) in [6.45, 7) is 4.25. The van der Waals surface area contributed by atoms with Crippen molar-refractivity contribution in [3.8, 4) is 11.8 Å². The van der Waals surface area contributed by atoms with E-state index in [0.29, 0.717) is 37.2 Å². The van der Waals surface area contributed by atoms with Gasteiger partial charge >= 0.3 is 17.7 Å². The smallest absolute Gasteiger partial charge is 0.327 e. The van der Waals surface area contributed by atoms with Crippen LogP contribution in [0, 0.1) is 0 Å². The van der Waals surface area contributed by atoms with Gasteiger partial charge in [0.2, 0.25) is 10.0 Å². The summed E-state index contributed by atoms with van der Waals surface area (Å²) in [6.07, 6.45) is 2.79. The highest BCUT2D eigenvalue weighted by Gasteiger charge is 2.21. The highest BCUT2D eigenvalue weighted by molar-refractivity contribution is 7.89. The first-order chi connectivity index (χ1) is 16.6. The van der Waals surface area contributed by atoms with Crippen LogP contribution in [0.15, 0.2) is 34.0 Å². The SMILES string of the molecule is CCCCOc1nc(N)c2[nH]c(=O)n(CCCCN(C)S(=O)(=O)c3cccc(OC(C)=O)c3)c2n1. The van der Waals surface area contributed by atoms with Crippen molar-refractivity contribution in [3.63, 3.8) is 0 Å². The van der Waals surface area contributed by atoms with E-state index in [9.17, 15) is 18.0 Å². The van der Waals surface area contributed by atoms with Gasteiger partial charge in [-0.15, -0.1) is 0 Å². The molecule has 0 saturated carbocycles. The molecular weight excluding hydrogens is 476 g/mol. The Hall–Kier alpha value is -3.45. The molecule has 0 bridgehead atoms. The Labute approximate surface area is 203 Å². The van der Waals surface area contributed by atoms with E-state index in [1.165, 1.54) is 47.1 Å². The molecule has 0 unspecified atom stereocenters. The van der Waals surface area contributed by atoms with Crippen LogP contribution in [0.3, 0.4) is 0 Å². The number of nitrogen functional groups attached to an aromatic ring is 1. The standard InChI is InChI=1S/C22H30N6O6S/c1-4-5-13-33-21-25-19(23)18-20(26-21)28(22(30)24-18)12-7-6-11-27(3)35(31,32)17-10-8-9-16(14-17)34-15(2)29/h8-10,14H,4-7,11-13H2,1-3H3,(H,24,30)(H2,23,25,26). The molecule has 0 spiro atoms. The first-order valence-electron chi connectivity index (χ1n) is 11.3. The van der Waals surface area contributed by atoms with Crippen molar-refractivity contribution >= 4 is 33.0 Å². The normalized spacial score (nSPS) is 11.8. The van der Waals surface area contributed by atoms with E-state index in [1.807, 2.05) is 6.92 Å². The van der Waals surface area contributed by atoms with Crippen LogP contribution in [0.4, 0.5) is 5.82 Å². The minimum atomic E-state index is -3.78. The van der Waals surface area contributed by atoms with Gasteiger partial charge in [-0.05, 0) is 31.4 Å². The third kappa shape index (κ3) is 6.36. The van der Waals surface area contributed by atoms with E-state index >= 15 is 0 Å². The maximum atomic E-state index is 12.9. The number of esters is 1. The van der Waals surface area contributed by atoms with Crippen molar-refractivity contribution in [2.75, 3.05) is 25.9 Å². The van der Waals surface area contributed by atoms with Crippen molar-refractivity contribution in [2.45, 2.75) is 51.0 Å². The van der Waals surface area contributed by atoms with Gasteiger partial charge in [0.25, 0.3) is 0 Å². The van der Waals surface area contributed by atoms with Crippen molar-refractivity contribution < 1.29 is 22.7 Å². The van der Waals surface area contributed by atoms with Gasteiger partial charge in [0, 0.05) is 33.1 Å². The molecule has 3 N–H and O–H groups in total. The van der Waals surface area contributed by atoms with E-state index in [-0.39, 0.29) is 34.7 Å². The quantitative estimate of drug-likeness (QED) is 0.212. The topological polar surface area (TPSA) is 162 Å². The number of carbonyl (C=O) groups excluding carboxylic acids is 1. The van der Waals surface area contributed by atoms with E-state index in [2.05, 4.69) is 15.0 Å². The fourth-order valence-corrected chi connectivity index (χ4v) is 4.62. The number of ether oxygens (including phenoxy) is 2. The molecule has 1 aromatic carbocycles. The number of carbonyl (C=O) groups is 1. The summed E-state index contributed by atoms with van der Waals surface area (Å²) in [4.78, 5) is 34.7. The molecule has 2 aromatic heterocycles. The number of unbranched alkanes of at least 4 members (excludes halogenated alkanes) is 2. The molecule has 13 heteroatoms. The number of aromatic amines is 1. The molecule has 35 heavy (non-hydrogen) atoms. The second-order valence-electron chi connectivity index (χ2n) is 7.98. The molecule has 0 aliphatic heterocycles. The molecule has 0 fully saturated rings. The fourth-order valence-electron chi connectivity index (χ4n) is 3.38. The zero-order valence-corrected chi connectivity index (χ0v) is 20.8. The van der Waals surface area contributed by atoms with Gasteiger partial charge in [-0.1, -0.05) is 19.4 Å². The van der Waals surface area contributed by atoms with E-state index < -0.39 is 16.0 Å². The van der Waals surface area contributed by atoms with E-state index in [4.69, 9.17) is 15.2 Å². The Morgan fingerprint density at radius 2 is 2.00 bits per heavy atom. The lowest BCUT2D eigenvalue weighted by molar-refractivity contribution is -0.131. The molecular formula is C22H30N6O6S. The van der Waals surface area contributed by atoms with Crippen molar-refractivity contribution in [1.29, 1.82) is 0 Å². The first-order valence-corrected chi connectivity index (χ1v) is 12.7. The number of benzene rings is 1. The van der Waals surface area contributed by atoms with Crippen LogP contribution < -0.4 is 20.9 Å². The average molecular weight is 507 g/mol. The summed E-state index contributed by atoms with van der Waals surface area (Å²) in [5.41, 5.74) is 6.27. The Morgan fingerprint density at radius 3 is 2.71 bits per heavy atom. The fraction of sp³-hybridized carbons (Fsp3) is 0.455. The van der Waals surface area contributed by atoms with Crippen molar-refractivity contribution in [1.82, 2.24) is 23.8 Å². The number of nitrogens with two attached hydrogens (primary N) is 1. The van der Waals surface area contributed by atoms with Gasteiger partial charge in [-0.3, -0.25) is 9.36 Å². The Morgan fingerprint density at radius 1 is 1.23 bits per heavy atom. The molecule has 3 aromatic rings. The minimum Gasteiger partial charge on any atom is -0.463 e. The van der Waals surface area contributed by atoms with Crippen LogP contribution in [0.2, 0.25) is 0 Å². The largest absolute Gasteiger partial charge is 0.463 e. The Kier molecular flexibility index (Phi) is 8.46. The number of H-pyrrole nitrogens is 1. The number of imidazole rings is 1. The second kappa shape index (κ2) is 11.3. The second-order valence-corrected chi connectivity index (χ2v) is 10.0. The summed E-state index contributed by atoms with van der Waals surface area (Å²) in [5.74, 6) is -0.253. The summed E-state index contributed by atoms with van der Waals surface area (Å²) in [6, 6.07) is 5.88. The minimum absolute atomic E-state index is 0.0226. The van der Waals surface area contributed by atoms with Crippen molar-refractivity contribution in [3.05, 3.63) is 34.7 Å². The number of aryl methyl sites for hydroxylation is 1. The van der Waals surface area contributed by atoms with Crippen LogP contribution in [0.25, 0.3) is 11.2 Å². The third-order valence-electron chi connectivity index (χ3n) is 5.24. The third-order valence-corrected chi connectivity index (χ3v) is 7.09. The lowest BCUT2D eigenvalue weighted by Gasteiger charge is -2.17. The van der Waals surface area contributed by atoms with Crippen LogP contribution in [-0.4, -0.2) is 58.4 Å². The molecule has 0 amide bonds. The average Bonchev–Trinajstić information content (AvgIpc) is 3.12. The number of hydrogen-bond donors (Lipinski definition) is 2. The van der Waals surface area contributed by atoms with E-state index in [1.54, 1.807) is 0 Å². The van der Waals surface area contributed by atoms with Crippen molar-refractivity contribution in [2.24, 2.45) is 0 Å². The molecule has 3 rings (SSSR count). The Bertz CT molecular complexity index is 1350. The van der Waals surface area contributed by atoms with Crippen LogP contribution >= 0.6 is 0 Å². The van der Waals surface area contributed by atoms with Crippen LogP contribution in [0.1, 0.15) is 39.5 Å². The molecule has 0 radical (unpaired) electrons. The van der Waals surface area contributed by atoms with Crippen LogP contribution in [-0.2, 0) is 21.4 Å². The van der Waals surface area contributed by atoms with Gasteiger partial charge < -0.3 is 20.2 Å². The van der Waals surface area contributed by atoms with Gasteiger partial charge in [-0.25, -0.2) is 17.5 Å². The highest BCUT2D eigenvalue weighted by atomic mass is 32.2.